The van der Waals surface area contributed by atoms with Crippen molar-refractivity contribution in [2.75, 3.05) is 0 Å². The molecule has 1 unspecified atom stereocenters. The van der Waals surface area contributed by atoms with Gasteiger partial charge in [-0.25, -0.2) is 4.98 Å². The second-order valence-corrected chi connectivity index (χ2v) is 3.81. The van der Waals surface area contributed by atoms with E-state index in [-0.39, 0.29) is 6.04 Å². The van der Waals surface area contributed by atoms with Gasteiger partial charge in [-0.3, -0.25) is 0 Å². The zero-order chi connectivity index (χ0) is 9.97. The highest BCUT2D eigenvalue weighted by Crippen LogP contribution is 2.23. The summed E-state index contributed by atoms with van der Waals surface area (Å²) in [6.45, 7) is 2.04. The second kappa shape index (κ2) is 3.83. The van der Waals surface area contributed by atoms with E-state index in [1.807, 2.05) is 13.3 Å². The van der Waals surface area contributed by atoms with Crippen molar-refractivity contribution < 1.29 is 0 Å². The summed E-state index contributed by atoms with van der Waals surface area (Å²) in [4.78, 5) is 4.39. The molecule has 0 saturated heterocycles. The standard InChI is InChI=1S/C11H15N3/c1-2-9(7-12)14-8-13-10-5-3-4-6-11(10)14/h8-9H,2-6H2,1H3. The molecule has 0 aliphatic heterocycles. The Labute approximate surface area is 84.4 Å². The molecule has 2 rings (SSSR count). The van der Waals surface area contributed by atoms with Crippen LogP contribution in [0.4, 0.5) is 0 Å². The molecule has 1 atom stereocenters. The number of nitriles is 1. The number of aryl methyl sites for hydroxylation is 1. The van der Waals surface area contributed by atoms with Crippen molar-refractivity contribution in [1.82, 2.24) is 9.55 Å². The number of nitrogens with zero attached hydrogens (tertiary/aromatic N) is 3. The highest BCUT2D eigenvalue weighted by Gasteiger charge is 2.18. The van der Waals surface area contributed by atoms with E-state index in [1.54, 1.807) is 0 Å². The van der Waals surface area contributed by atoms with Gasteiger partial charge in [-0.1, -0.05) is 6.92 Å². The number of hydrogen-bond donors (Lipinski definition) is 0. The topological polar surface area (TPSA) is 41.6 Å². The van der Waals surface area contributed by atoms with Crippen LogP contribution >= 0.6 is 0 Å². The number of aromatic nitrogens is 2. The van der Waals surface area contributed by atoms with Crippen LogP contribution < -0.4 is 0 Å². The number of hydrogen-bond acceptors (Lipinski definition) is 2. The normalized spacial score (nSPS) is 17.1. The third-order valence-electron chi connectivity index (χ3n) is 2.93. The summed E-state index contributed by atoms with van der Waals surface area (Å²) < 4.78 is 2.06. The van der Waals surface area contributed by atoms with E-state index in [0.29, 0.717) is 0 Å². The van der Waals surface area contributed by atoms with Crippen molar-refractivity contribution >= 4 is 0 Å². The van der Waals surface area contributed by atoms with Crippen LogP contribution in [0.15, 0.2) is 6.33 Å². The molecule has 14 heavy (non-hydrogen) atoms. The molecule has 0 amide bonds. The lowest BCUT2D eigenvalue weighted by Crippen LogP contribution is -2.12. The summed E-state index contributed by atoms with van der Waals surface area (Å²) in [6.07, 6.45) is 7.36. The van der Waals surface area contributed by atoms with E-state index < -0.39 is 0 Å². The maximum Gasteiger partial charge on any atom is 0.121 e. The lowest BCUT2D eigenvalue weighted by atomic mass is 10.0. The third-order valence-corrected chi connectivity index (χ3v) is 2.93. The van der Waals surface area contributed by atoms with Crippen LogP contribution in [0.3, 0.4) is 0 Å². The first-order valence-corrected chi connectivity index (χ1v) is 5.31. The Bertz CT molecular complexity index is 359. The number of rotatable bonds is 2. The Kier molecular flexibility index (Phi) is 2.53. The van der Waals surface area contributed by atoms with Crippen molar-refractivity contribution in [1.29, 1.82) is 5.26 Å². The summed E-state index contributed by atoms with van der Waals surface area (Å²) in [5.41, 5.74) is 2.51. The van der Waals surface area contributed by atoms with Crippen molar-refractivity contribution in [2.45, 2.75) is 45.1 Å². The zero-order valence-corrected chi connectivity index (χ0v) is 8.53. The third kappa shape index (κ3) is 1.41. The fraction of sp³-hybridized carbons (Fsp3) is 0.636. The van der Waals surface area contributed by atoms with Crippen LogP contribution in [0.25, 0.3) is 0 Å². The van der Waals surface area contributed by atoms with Crippen molar-refractivity contribution in [3.05, 3.63) is 17.7 Å². The van der Waals surface area contributed by atoms with Gasteiger partial charge in [-0.2, -0.15) is 5.26 Å². The van der Waals surface area contributed by atoms with Crippen molar-refractivity contribution in [2.24, 2.45) is 0 Å². The minimum Gasteiger partial charge on any atom is -0.318 e. The van der Waals surface area contributed by atoms with Gasteiger partial charge in [0, 0.05) is 5.69 Å². The molecule has 1 aliphatic carbocycles. The second-order valence-electron chi connectivity index (χ2n) is 3.81. The molecule has 0 spiro atoms. The monoisotopic (exact) mass is 189 g/mol. The molecule has 0 aromatic carbocycles. The van der Waals surface area contributed by atoms with E-state index in [4.69, 9.17) is 5.26 Å². The summed E-state index contributed by atoms with van der Waals surface area (Å²) in [6, 6.07) is 2.30. The highest BCUT2D eigenvalue weighted by molar-refractivity contribution is 5.18. The Balaban J connectivity index is 2.35. The summed E-state index contributed by atoms with van der Waals surface area (Å²) >= 11 is 0. The smallest absolute Gasteiger partial charge is 0.121 e. The Hall–Kier alpha value is -1.30. The van der Waals surface area contributed by atoms with Crippen LogP contribution in [0.1, 0.15) is 43.6 Å². The molecule has 3 nitrogen and oxygen atoms in total. The van der Waals surface area contributed by atoms with Gasteiger partial charge >= 0.3 is 0 Å². The summed E-state index contributed by atoms with van der Waals surface area (Å²) in [5, 5.41) is 9.00. The van der Waals surface area contributed by atoms with E-state index in [1.165, 1.54) is 24.2 Å². The molecule has 0 saturated carbocycles. The van der Waals surface area contributed by atoms with Crippen LogP contribution in [0, 0.1) is 11.3 Å². The average molecular weight is 189 g/mol. The minimum atomic E-state index is -0.0238. The maximum atomic E-state index is 9.00. The Morgan fingerprint density at radius 1 is 1.57 bits per heavy atom. The zero-order valence-electron chi connectivity index (χ0n) is 8.53. The first kappa shape index (κ1) is 9.26. The van der Waals surface area contributed by atoms with Crippen molar-refractivity contribution in [3.8, 4) is 6.07 Å². The van der Waals surface area contributed by atoms with Crippen LogP contribution in [0.2, 0.25) is 0 Å². The predicted octanol–water partition coefficient (Wildman–Crippen LogP) is 2.24. The Morgan fingerprint density at radius 2 is 2.36 bits per heavy atom. The van der Waals surface area contributed by atoms with E-state index in [9.17, 15) is 0 Å². The van der Waals surface area contributed by atoms with Crippen molar-refractivity contribution in [3.63, 3.8) is 0 Å². The number of fused-ring (bicyclic) bond motifs is 1. The lowest BCUT2D eigenvalue weighted by molar-refractivity contribution is 0.549. The molecular weight excluding hydrogens is 174 g/mol. The van der Waals surface area contributed by atoms with Gasteiger partial charge in [-0.05, 0) is 32.1 Å². The minimum absolute atomic E-state index is 0.0238. The molecular formula is C11H15N3. The molecule has 1 aliphatic rings. The predicted molar refractivity (Wildman–Crippen MR) is 53.8 cm³/mol. The quantitative estimate of drug-likeness (QED) is 0.716. The SMILES string of the molecule is CCC(C#N)n1cnc2c1CCCC2. The van der Waals surface area contributed by atoms with Gasteiger partial charge in [0.05, 0.1) is 18.1 Å². The van der Waals surface area contributed by atoms with Gasteiger partial charge < -0.3 is 4.57 Å². The highest BCUT2D eigenvalue weighted by atomic mass is 15.1. The molecule has 0 N–H and O–H groups in total. The molecule has 0 bridgehead atoms. The van der Waals surface area contributed by atoms with Gasteiger partial charge in [-0.15, -0.1) is 0 Å². The molecule has 1 aromatic heterocycles. The molecule has 1 heterocycles. The molecule has 0 radical (unpaired) electrons. The lowest BCUT2D eigenvalue weighted by Gasteiger charge is -2.16. The first-order chi connectivity index (χ1) is 6.86. The average Bonchev–Trinajstić information content (AvgIpc) is 2.65. The molecule has 0 fully saturated rings. The molecule has 74 valence electrons. The van der Waals surface area contributed by atoms with Gasteiger partial charge in [0.25, 0.3) is 0 Å². The van der Waals surface area contributed by atoms with Crippen LogP contribution in [-0.4, -0.2) is 9.55 Å². The molecule has 1 aromatic rings. The fourth-order valence-electron chi connectivity index (χ4n) is 2.11. The summed E-state index contributed by atoms with van der Waals surface area (Å²) in [7, 11) is 0. The maximum absolute atomic E-state index is 9.00. The van der Waals surface area contributed by atoms with Crippen LogP contribution in [-0.2, 0) is 12.8 Å². The molecule has 3 heteroatoms. The van der Waals surface area contributed by atoms with E-state index >= 15 is 0 Å². The van der Waals surface area contributed by atoms with Gasteiger partial charge in [0.15, 0.2) is 0 Å². The first-order valence-electron chi connectivity index (χ1n) is 5.31. The summed E-state index contributed by atoms with van der Waals surface area (Å²) in [5.74, 6) is 0. The van der Waals surface area contributed by atoms with Gasteiger partial charge in [0.1, 0.15) is 6.04 Å². The Morgan fingerprint density at radius 3 is 3.07 bits per heavy atom. The number of imidazole rings is 1. The van der Waals surface area contributed by atoms with E-state index in [2.05, 4.69) is 15.6 Å². The van der Waals surface area contributed by atoms with E-state index in [0.717, 1.165) is 19.3 Å². The fourth-order valence-corrected chi connectivity index (χ4v) is 2.11. The largest absolute Gasteiger partial charge is 0.318 e. The van der Waals surface area contributed by atoms with Crippen LogP contribution in [0.5, 0.6) is 0 Å². The van der Waals surface area contributed by atoms with Gasteiger partial charge in [0.2, 0.25) is 0 Å².